The zero-order chi connectivity index (χ0) is 14.1. The normalized spacial score (nSPS) is 10.8. The molecule has 0 radical (unpaired) electrons. The Hall–Kier alpha value is -2.69. The van der Waals surface area contributed by atoms with Crippen LogP contribution in [0.5, 0.6) is 0 Å². The Bertz CT molecular complexity index is 816. The standard InChI is InChI=1S/C15H16N4O/c1-9-2-4-11(16)13(6-9)17-8-10-3-5-12-14(7-10)19-15(20)18-12/h2-7,17H,8,16H2,1H3,(H2,18,19,20). The maximum absolute atomic E-state index is 11.2. The van der Waals surface area contributed by atoms with Gasteiger partial charge in [0, 0.05) is 6.54 Å². The number of aryl methyl sites for hydroxylation is 1. The molecule has 5 heteroatoms. The molecular formula is C15H16N4O. The van der Waals surface area contributed by atoms with Crippen LogP contribution in [0, 0.1) is 6.92 Å². The van der Waals surface area contributed by atoms with E-state index in [1.165, 1.54) is 0 Å². The second-order valence-corrected chi connectivity index (χ2v) is 4.90. The fraction of sp³-hybridized carbons (Fsp3) is 0.133. The van der Waals surface area contributed by atoms with Crippen LogP contribution in [0.25, 0.3) is 11.0 Å². The van der Waals surface area contributed by atoms with Crippen molar-refractivity contribution in [1.82, 2.24) is 9.97 Å². The number of hydrogen-bond acceptors (Lipinski definition) is 3. The molecule has 0 aliphatic rings. The van der Waals surface area contributed by atoms with Gasteiger partial charge in [-0.15, -0.1) is 0 Å². The molecule has 1 heterocycles. The first-order valence-electron chi connectivity index (χ1n) is 6.43. The first kappa shape index (κ1) is 12.3. The van der Waals surface area contributed by atoms with Crippen LogP contribution >= 0.6 is 0 Å². The second kappa shape index (κ2) is 4.77. The van der Waals surface area contributed by atoms with Gasteiger partial charge in [-0.25, -0.2) is 4.79 Å². The molecule has 0 spiro atoms. The van der Waals surface area contributed by atoms with Crippen molar-refractivity contribution in [3.05, 3.63) is 58.0 Å². The Morgan fingerprint density at radius 2 is 1.90 bits per heavy atom. The Balaban J connectivity index is 1.82. The Morgan fingerprint density at radius 3 is 2.75 bits per heavy atom. The van der Waals surface area contributed by atoms with E-state index in [0.29, 0.717) is 6.54 Å². The highest BCUT2D eigenvalue weighted by molar-refractivity contribution is 5.75. The molecule has 0 atom stereocenters. The number of benzene rings is 2. The molecule has 0 unspecified atom stereocenters. The smallest absolute Gasteiger partial charge is 0.323 e. The van der Waals surface area contributed by atoms with Crippen molar-refractivity contribution in [1.29, 1.82) is 0 Å². The van der Waals surface area contributed by atoms with E-state index in [2.05, 4.69) is 15.3 Å². The number of aromatic nitrogens is 2. The number of nitrogen functional groups attached to an aromatic ring is 1. The number of fused-ring (bicyclic) bond motifs is 1. The molecule has 0 aliphatic carbocycles. The third kappa shape index (κ3) is 2.38. The van der Waals surface area contributed by atoms with E-state index in [-0.39, 0.29) is 5.69 Å². The average Bonchev–Trinajstić information content (AvgIpc) is 2.79. The minimum Gasteiger partial charge on any atom is -0.397 e. The quantitative estimate of drug-likeness (QED) is 0.550. The highest BCUT2D eigenvalue weighted by Crippen LogP contribution is 2.20. The molecule has 5 nitrogen and oxygen atoms in total. The van der Waals surface area contributed by atoms with Crippen LogP contribution in [-0.2, 0) is 6.54 Å². The number of rotatable bonds is 3. The third-order valence-electron chi connectivity index (χ3n) is 3.27. The predicted octanol–water partition coefficient (Wildman–Crippen LogP) is 2.36. The SMILES string of the molecule is Cc1ccc(N)c(NCc2ccc3[nH]c(=O)[nH]c3c2)c1. The van der Waals surface area contributed by atoms with Crippen LogP contribution in [-0.4, -0.2) is 9.97 Å². The van der Waals surface area contributed by atoms with Crippen LogP contribution in [0.3, 0.4) is 0 Å². The van der Waals surface area contributed by atoms with Gasteiger partial charge >= 0.3 is 5.69 Å². The zero-order valence-corrected chi connectivity index (χ0v) is 11.2. The van der Waals surface area contributed by atoms with E-state index in [0.717, 1.165) is 33.5 Å². The second-order valence-electron chi connectivity index (χ2n) is 4.90. The van der Waals surface area contributed by atoms with Gasteiger partial charge in [-0.3, -0.25) is 0 Å². The summed E-state index contributed by atoms with van der Waals surface area (Å²) >= 11 is 0. The number of aromatic amines is 2. The van der Waals surface area contributed by atoms with Crippen molar-refractivity contribution in [3.63, 3.8) is 0 Å². The van der Waals surface area contributed by atoms with Gasteiger partial charge in [0.2, 0.25) is 0 Å². The number of anilines is 2. The number of hydrogen-bond donors (Lipinski definition) is 4. The van der Waals surface area contributed by atoms with E-state index in [9.17, 15) is 4.79 Å². The summed E-state index contributed by atoms with van der Waals surface area (Å²) < 4.78 is 0. The van der Waals surface area contributed by atoms with Crippen molar-refractivity contribution in [2.45, 2.75) is 13.5 Å². The molecule has 0 bridgehead atoms. The van der Waals surface area contributed by atoms with E-state index < -0.39 is 0 Å². The fourth-order valence-corrected chi connectivity index (χ4v) is 2.21. The number of imidazole rings is 1. The van der Waals surface area contributed by atoms with Crippen LogP contribution in [0.4, 0.5) is 11.4 Å². The molecule has 1 aromatic heterocycles. The maximum atomic E-state index is 11.2. The molecule has 0 saturated heterocycles. The summed E-state index contributed by atoms with van der Waals surface area (Å²) in [6, 6.07) is 11.7. The summed E-state index contributed by atoms with van der Waals surface area (Å²) in [6.07, 6.45) is 0. The maximum Gasteiger partial charge on any atom is 0.323 e. The number of nitrogens with two attached hydrogens (primary N) is 1. The van der Waals surface area contributed by atoms with E-state index in [1.54, 1.807) is 0 Å². The summed E-state index contributed by atoms with van der Waals surface area (Å²) in [4.78, 5) is 16.7. The van der Waals surface area contributed by atoms with Crippen LogP contribution in [0.2, 0.25) is 0 Å². The zero-order valence-electron chi connectivity index (χ0n) is 11.2. The highest BCUT2D eigenvalue weighted by Gasteiger charge is 2.02. The third-order valence-corrected chi connectivity index (χ3v) is 3.27. The molecule has 3 rings (SSSR count). The van der Waals surface area contributed by atoms with Gasteiger partial charge in [-0.2, -0.15) is 0 Å². The molecule has 102 valence electrons. The first-order valence-corrected chi connectivity index (χ1v) is 6.43. The number of nitrogens with one attached hydrogen (secondary N) is 3. The molecule has 0 aliphatic heterocycles. The summed E-state index contributed by atoms with van der Waals surface area (Å²) in [5, 5.41) is 3.31. The molecule has 0 saturated carbocycles. The Labute approximate surface area is 115 Å². The van der Waals surface area contributed by atoms with Gasteiger partial charge < -0.3 is 21.0 Å². The Kier molecular flexibility index (Phi) is 2.95. The van der Waals surface area contributed by atoms with Gasteiger partial charge in [0.15, 0.2) is 0 Å². The Morgan fingerprint density at radius 1 is 1.10 bits per heavy atom. The molecular weight excluding hydrogens is 252 g/mol. The molecule has 3 aromatic rings. The van der Waals surface area contributed by atoms with Crippen LogP contribution in [0.15, 0.2) is 41.2 Å². The van der Waals surface area contributed by atoms with E-state index in [1.807, 2.05) is 43.3 Å². The fourth-order valence-electron chi connectivity index (χ4n) is 2.21. The summed E-state index contributed by atoms with van der Waals surface area (Å²) in [6.45, 7) is 2.68. The van der Waals surface area contributed by atoms with Gasteiger partial charge in [-0.05, 0) is 42.3 Å². The predicted molar refractivity (Wildman–Crippen MR) is 81.8 cm³/mol. The van der Waals surface area contributed by atoms with Gasteiger partial charge in [-0.1, -0.05) is 12.1 Å². The number of H-pyrrole nitrogens is 2. The van der Waals surface area contributed by atoms with Crippen molar-refractivity contribution < 1.29 is 0 Å². The van der Waals surface area contributed by atoms with Gasteiger partial charge in [0.1, 0.15) is 0 Å². The van der Waals surface area contributed by atoms with Crippen molar-refractivity contribution >= 4 is 22.4 Å². The minimum atomic E-state index is -0.187. The average molecular weight is 268 g/mol. The minimum absolute atomic E-state index is 0.187. The monoisotopic (exact) mass is 268 g/mol. The lowest BCUT2D eigenvalue weighted by Crippen LogP contribution is -2.02. The summed E-state index contributed by atoms with van der Waals surface area (Å²) in [5.74, 6) is 0. The topological polar surface area (TPSA) is 86.7 Å². The van der Waals surface area contributed by atoms with Gasteiger partial charge in [0.25, 0.3) is 0 Å². The van der Waals surface area contributed by atoms with E-state index in [4.69, 9.17) is 5.73 Å². The van der Waals surface area contributed by atoms with Crippen molar-refractivity contribution in [2.24, 2.45) is 0 Å². The molecule has 0 fully saturated rings. The highest BCUT2D eigenvalue weighted by atomic mass is 16.1. The summed E-state index contributed by atoms with van der Waals surface area (Å²) in [5.41, 5.74) is 11.3. The first-order chi connectivity index (χ1) is 9.61. The summed E-state index contributed by atoms with van der Waals surface area (Å²) in [7, 11) is 0. The van der Waals surface area contributed by atoms with Crippen molar-refractivity contribution in [3.8, 4) is 0 Å². The molecule has 5 N–H and O–H groups in total. The van der Waals surface area contributed by atoms with E-state index >= 15 is 0 Å². The molecule has 20 heavy (non-hydrogen) atoms. The lowest BCUT2D eigenvalue weighted by molar-refractivity contribution is 1.15. The lowest BCUT2D eigenvalue weighted by Gasteiger charge is -2.10. The molecule has 0 amide bonds. The molecule has 2 aromatic carbocycles. The lowest BCUT2D eigenvalue weighted by atomic mass is 10.1. The van der Waals surface area contributed by atoms with Crippen LogP contribution in [0.1, 0.15) is 11.1 Å². The van der Waals surface area contributed by atoms with Crippen LogP contribution < -0.4 is 16.7 Å². The largest absolute Gasteiger partial charge is 0.397 e. The van der Waals surface area contributed by atoms with Gasteiger partial charge in [0.05, 0.1) is 22.4 Å². The van der Waals surface area contributed by atoms with Crippen molar-refractivity contribution in [2.75, 3.05) is 11.1 Å².